The van der Waals surface area contributed by atoms with Crippen molar-refractivity contribution in [1.29, 1.82) is 0 Å². The third-order valence-corrected chi connectivity index (χ3v) is 0. The molecule has 0 saturated heterocycles. The molecule has 24 heteroatoms. The SMILES string of the molecule is ClCl.O.O.OCl.[Cl-].[Na+].[Na+].[Na+].[Na+].[Na+].[Na+].[Na+].[O-]Cl.[O-]Cl.[O-]Cl.[O-]Cl.[OH-].[OH-]. The summed E-state index contributed by atoms with van der Waals surface area (Å²) in [6.07, 6.45) is 0. The fraction of sp³-hybridized carbons (Fsp3) is 0. The molecule has 24 heavy (non-hydrogen) atoms. The van der Waals surface area contributed by atoms with Crippen LogP contribution in [-0.2, 0) is 0 Å². The maximum Gasteiger partial charge on any atom is 1.00 e. The molecule has 0 aromatic carbocycles. The summed E-state index contributed by atoms with van der Waals surface area (Å²) in [6, 6.07) is 0. The van der Waals surface area contributed by atoms with Crippen LogP contribution in [0.25, 0.3) is 0 Å². The summed E-state index contributed by atoms with van der Waals surface area (Å²) in [4.78, 5) is 0. The van der Waals surface area contributed by atoms with Crippen LogP contribution < -0.4 is 238 Å². The Hall–Kier alpha value is 8.96. The van der Waals surface area contributed by atoms with Crippen LogP contribution in [-0.4, -0.2) is 26.6 Å². The standard InChI is InChI=1S/Cl2.ClHO.4ClO.ClH.7Na.4H2O/c6*1-2;;;;;;;;;;;;/h;2H;;;;;1H;;;;;;;;4*1H2/q;;4*-1;;7*+1;;;;/p-3. The van der Waals surface area contributed by atoms with Crippen LogP contribution in [0.15, 0.2) is 0 Å². The second-order valence-corrected chi connectivity index (χ2v) is 0. The molecule has 0 aliphatic rings. The molecule has 0 spiro atoms. The van der Waals surface area contributed by atoms with E-state index in [2.05, 4.69) is 81.0 Å². The van der Waals surface area contributed by atoms with E-state index < -0.39 is 0 Å². The first-order valence-corrected chi connectivity index (χ1v) is 3.64. The monoisotopic (exact) mass is 592 g/mol. The van der Waals surface area contributed by atoms with E-state index in [1.807, 2.05) is 0 Å². The van der Waals surface area contributed by atoms with Gasteiger partial charge in [0.25, 0.3) is 0 Å². The molecule has 0 atom stereocenters. The van der Waals surface area contributed by atoms with Crippen molar-refractivity contribution < 1.29 is 265 Å². The van der Waals surface area contributed by atoms with E-state index in [0.717, 1.165) is 0 Å². The molecule has 0 aromatic rings. The van der Waals surface area contributed by atoms with Crippen molar-refractivity contribution in [3.05, 3.63) is 0 Å². The largest absolute Gasteiger partial charge is 1.00 e. The molecular weight excluding hydrogens is 589 g/mol. The van der Waals surface area contributed by atoms with E-state index in [4.69, 9.17) is 23.3 Å². The Kier molecular flexibility index (Phi) is 2390. The molecule has 0 aromatic heterocycles. The van der Waals surface area contributed by atoms with Crippen molar-refractivity contribution in [2.75, 3.05) is 0 Å². The Morgan fingerprint density at radius 2 is 0.417 bits per heavy atom. The Morgan fingerprint density at radius 1 is 0.417 bits per heavy atom. The van der Waals surface area contributed by atoms with E-state index in [9.17, 15) is 0 Å². The van der Waals surface area contributed by atoms with Crippen molar-refractivity contribution in [2.24, 2.45) is 0 Å². The summed E-state index contributed by atoms with van der Waals surface area (Å²) < 4.78 is 37.4. The molecule has 0 aliphatic carbocycles. The first-order valence-electron chi connectivity index (χ1n) is 0.929. The Balaban J connectivity index is -0.00000000102. The van der Waals surface area contributed by atoms with Crippen molar-refractivity contribution in [2.45, 2.75) is 0 Å². The zero-order valence-corrected chi connectivity index (χ0v) is 34.0. The molecule has 9 nitrogen and oxygen atoms in total. The fourth-order valence-corrected chi connectivity index (χ4v) is 0. The van der Waals surface area contributed by atoms with Gasteiger partial charge in [0.15, 0.2) is 0 Å². The summed E-state index contributed by atoms with van der Waals surface area (Å²) in [7, 11) is 8.22. The van der Waals surface area contributed by atoms with Crippen molar-refractivity contribution in [3.63, 3.8) is 0 Å². The molecule has 0 bridgehead atoms. The average molecular weight is 596 g/mol. The molecule has 0 rings (SSSR count). The summed E-state index contributed by atoms with van der Waals surface area (Å²) in [5.74, 6) is 0. The maximum absolute atomic E-state index is 7.72. The summed E-state index contributed by atoms with van der Waals surface area (Å²) in [6.45, 7) is 0. The Bertz CT molecular complexity index is 37.9. The van der Waals surface area contributed by atoms with Gasteiger partial charge in [0.05, 0.1) is 11.9 Å². The molecular formula is H7Cl8Na7O9. The van der Waals surface area contributed by atoms with Crippen LogP contribution in [0.1, 0.15) is 0 Å². The van der Waals surface area contributed by atoms with Gasteiger partial charge in [-0.2, -0.15) is 0 Å². The van der Waals surface area contributed by atoms with E-state index in [-0.39, 0.29) is 241 Å². The van der Waals surface area contributed by atoms with Crippen LogP contribution in [0.4, 0.5) is 0 Å². The topological polar surface area (TPSA) is 235 Å². The van der Waals surface area contributed by atoms with Gasteiger partial charge in [-0.15, -0.1) is 0 Å². The van der Waals surface area contributed by atoms with Gasteiger partial charge >= 0.3 is 207 Å². The summed E-state index contributed by atoms with van der Waals surface area (Å²) in [5.41, 5.74) is 0. The fourth-order valence-electron chi connectivity index (χ4n) is 0. The van der Waals surface area contributed by atoms with Gasteiger partial charge < -0.3 is 52.9 Å². The number of halogens is 8. The molecule has 124 valence electrons. The van der Waals surface area contributed by atoms with Gasteiger partial charge in [-0.25, -0.2) is 47.5 Å². The van der Waals surface area contributed by atoms with Gasteiger partial charge in [0, 0.05) is 21.7 Å². The zero-order chi connectivity index (χ0) is 12.0. The number of hydrogen-bond donors (Lipinski definition) is 1. The van der Waals surface area contributed by atoms with Crippen LogP contribution in [0.5, 0.6) is 0 Å². The van der Waals surface area contributed by atoms with Crippen molar-refractivity contribution in [3.8, 4) is 0 Å². The predicted octanol–water partition coefficient (Wildman–Crippen LogP) is -26.5. The van der Waals surface area contributed by atoms with Gasteiger partial charge in [-0.05, 0) is 0 Å². The van der Waals surface area contributed by atoms with Crippen LogP contribution in [0.3, 0.4) is 0 Å². The predicted molar refractivity (Wildman–Crippen MR) is 54.3 cm³/mol. The van der Waals surface area contributed by atoms with E-state index in [0.29, 0.717) is 0 Å². The van der Waals surface area contributed by atoms with Crippen molar-refractivity contribution >= 4 is 81.0 Å². The second kappa shape index (κ2) is 382. The normalized spacial score (nSPS) is 1.50. The molecule has 0 heterocycles. The molecule has 0 unspecified atom stereocenters. The van der Waals surface area contributed by atoms with E-state index >= 15 is 0 Å². The Labute approximate surface area is 337 Å². The van der Waals surface area contributed by atoms with E-state index in [1.54, 1.807) is 0 Å². The third kappa shape index (κ3) is 346. The Morgan fingerprint density at radius 3 is 0.417 bits per heavy atom. The van der Waals surface area contributed by atoms with Crippen LogP contribution in [0.2, 0.25) is 0 Å². The zero-order valence-electron chi connectivity index (χ0n) is 14.0. The minimum absolute atomic E-state index is 0. The molecule has 0 radical (unpaired) electrons. The average Bonchev–Trinajstić information content (AvgIpc) is 2.33. The van der Waals surface area contributed by atoms with Gasteiger partial charge in [0.1, 0.15) is 0 Å². The first kappa shape index (κ1) is 150. The minimum Gasteiger partial charge on any atom is -1.00 e. The number of hydrogen-bond acceptors (Lipinski definition) is 7. The maximum atomic E-state index is 7.72. The molecule has 7 N–H and O–H groups in total. The molecule has 0 saturated carbocycles. The first-order chi connectivity index (χ1) is 6.00. The van der Waals surface area contributed by atoms with Crippen LogP contribution >= 0.6 is 81.0 Å². The third-order valence-electron chi connectivity index (χ3n) is 0. The second-order valence-electron chi connectivity index (χ2n) is 0. The summed E-state index contributed by atoms with van der Waals surface area (Å²) in [5, 5.41) is 0. The van der Waals surface area contributed by atoms with Gasteiger partial charge in [-0.3, -0.25) is 4.66 Å². The minimum atomic E-state index is 0. The summed E-state index contributed by atoms with van der Waals surface area (Å²) >= 11 is 17.2. The van der Waals surface area contributed by atoms with E-state index in [1.165, 1.54) is 0 Å². The number of rotatable bonds is 0. The smallest absolute Gasteiger partial charge is 1.00 e. The van der Waals surface area contributed by atoms with Gasteiger partial charge in [-0.1, -0.05) is 0 Å². The molecule has 0 aliphatic heterocycles. The quantitative estimate of drug-likeness (QED) is 0.265. The molecule has 0 amide bonds. The van der Waals surface area contributed by atoms with Crippen LogP contribution in [0, 0.1) is 0 Å². The van der Waals surface area contributed by atoms with Gasteiger partial charge in [0.2, 0.25) is 0 Å². The molecule has 0 fully saturated rings. The van der Waals surface area contributed by atoms with Crippen molar-refractivity contribution in [1.82, 2.24) is 0 Å².